The molecule has 5 nitrogen and oxygen atoms in total. The Bertz CT molecular complexity index is 692. The lowest BCUT2D eigenvalue weighted by atomic mass is 10.2. The summed E-state index contributed by atoms with van der Waals surface area (Å²) in [6, 6.07) is 4.67. The van der Waals surface area contributed by atoms with Crippen LogP contribution in [-0.4, -0.2) is 27.4 Å². The van der Waals surface area contributed by atoms with Gasteiger partial charge in [0.2, 0.25) is 0 Å². The molecule has 0 spiro atoms. The number of aromatic carboxylic acids is 1. The minimum atomic E-state index is -4.90. The lowest BCUT2D eigenvalue weighted by Crippen LogP contribution is -2.17. The highest BCUT2D eigenvalue weighted by Gasteiger charge is 2.32. The Labute approximate surface area is 121 Å². The fourth-order valence-electron chi connectivity index (χ4n) is 1.46. The van der Waals surface area contributed by atoms with Crippen molar-refractivity contribution in [2.75, 3.05) is 0 Å². The SMILES string of the molecule is O=C(O)c1ccnc(-c2ccc(Cl)c(OC(F)(F)F)c2)n1. The molecule has 0 aliphatic rings. The molecule has 0 fully saturated rings. The van der Waals surface area contributed by atoms with Crippen LogP contribution < -0.4 is 4.74 Å². The van der Waals surface area contributed by atoms with Crippen molar-refractivity contribution in [3.05, 3.63) is 41.2 Å². The number of carboxylic acid groups (broad SMARTS) is 1. The van der Waals surface area contributed by atoms with Crippen LogP contribution in [-0.2, 0) is 0 Å². The number of carboxylic acids is 1. The Balaban J connectivity index is 2.43. The Morgan fingerprint density at radius 1 is 1.29 bits per heavy atom. The maximum Gasteiger partial charge on any atom is 0.573 e. The van der Waals surface area contributed by atoms with E-state index in [1.807, 2.05) is 0 Å². The van der Waals surface area contributed by atoms with Crippen molar-refractivity contribution in [2.45, 2.75) is 6.36 Å². The van der Waals surface area contributed by atoms with E-state index >= 15 is 0 Å². The number of hydrogen-bond donors (Lipinski definition) is 1. The number of ether oxygens (including phenoxy) is 1. The summed E-state index contributed by atoms with van der Waals surface area (Å²) in [5.41, 5.74) is -0.144. The second kappa shape index (κ2) is 5.57. The van der Waals surface area contributed by atoms with Gasteiger partial charge in [-0.1, -0.05) is 11.6 Å². The van der Waals surface area contributed by atoms with Crippen LogP contribution in [0.15, 0.2) is 30.5 Å². The molecule has 1 N–H and O–H groups in total. The third kappa shape index (κ3) is 3.82. The van der Waals surface area contributed by atoms with Crippen molar-refractivity contribution in [3.63, 3.8) is 0 Å². The fraction of sp³-hybridized carbons (Fsp3) is 0.0833. The van der Waals surface area contributed by atoms with E-state index in [2.05, 4.69) is 14.7 Å². The van der Waals surface area contributed by atoms with Crippen LogP contribution >= 0.6 is 11.6 Å². The highest BCUT2D eigenvalue weighted by molar-refractivity contribution is 6.32. The normalized spacial score (nSPS) is 11.2. The maximum atomic E-state index is 12.2. The molecular formula is C12H6ClF3N2O3. The van der Waals surface area contributed by atoms with E-state index in [4.69, 9.17) is 16.7 Å². The topological polar surface area (TPSA) is 72.3 Å². The zero-order valence-electron chi connectivity index (χ0n) is 10.1. The first-order valence-corrected chi connectivity index (χ1v) is 5.76. The van der Waals surface area contributed by atoms with Gasteiger partial charge in [0.25, 0.3) is 0 Å². The van der Waals surface area contributed by atoms with Crippen LogP contribution in [0, 0.1) is 0 Å². The van der Waals surface area contributed by atoms with Gasteiger partial charge in [-0.15, -0.1) is 13.2 Å². The molecule has 0 saturated carbocycles. The van der Waals surface area contributed by atoms with Gasteiger partial charge in [-0.3, -0.25) is 0 Å². The number of nitrogens with zero attached hydrogens (tertiary/aromatic N) is 2. The number of alkyl halides is 3. The third-order valence-corrected chi connectivity index (χ3v) is 2.60. The lowest BCUT2D eigenvalue weighted by Gasteiger charge is -2.11. The zero-order chi connectivity index (χ0) is 15.6. The van der Waals surface area contributed by atoms with Gasteiger partial charge in [-0.25, -0.2) is 14.8 Å². The van der Waals surface area contributed by atoms with E-state index in [-0.39, 0.29) is 22.1 Å². The summed E-state index contributed by atoms with van der Waals surface area (Å²) in [7, 11) is 0. The molecule has 0 bridgehead atoms. The van der Waals surface area contributed by atoms with Crippen LogP contribution in [0.2, 0.25) is 5.02 Å². The third-order valence-electron chi connectivity index (χ3n) is 2.29. The van der Waals surface area contributed by atoms with Crippen LogP contribution in [0.4, 0.5) is 13.2 Å². The van der Waals surface area contributed by atoms with Gasteiger partial charge in [0.1, 0.15) is 5.75 Å². The second-order valence-electron chi connectivity index (χ2n) is 3.76. The Kier molecular flexibility index (Phi) is 3.99. The molecule has 110 valence electrons. The summed E-state index contributed by atoms with van der Waals surface area (Å²) in [6.45, 7) is 0. The van der Waals surface area contributed by atoms with Gasteiger partial charge in [0.15, 0.2) is 11.5 Å². The van der Waals surface area contributed by atoms with Crippen molar-refractivity contribution in [2.24, 2.45) is 0 Å². The first-order chi connectivity index (χ1) is 9.76. The van der Waals surface area contributed by atoms with Gasteiger partial charge in [-0.05, 0) is 24.3 Å². The van der Waals surface area contributed by atoms with Gasteiger partial charge in [-0.2, -0.15) is 0 Å². The average molecular weight is 319 g/mol. The van der Waals surface area contributed by atoms with Crippen LogP contribution in [0.25, 0.3) is 11.4 Å². The summed E-state index contributed by atoms with van der Waals surface area (Å²) in [5.74, 6) is -1.95. The Morgan fingerprint density at radius 2 is 2.00 bits per heavy atom. The molecule has 0 amide bonds. The van der Waals surface area contributed by atoms with E-state index in [0.717, 1.165) is 12.1 Å². The lowest BCUT2D eigenvalue weighted by molar-refractivity contribution is -0.274. The Morgan fingerprint density at radius 3 is 2.62 bits per heavy atom. The molecule has 2 aromatic rings. The molecule has 1 aromatic carbocycles. The minimum Gasteiger partial charge on any atom is -0.477 e. The van der Waals surface area contributed by atoms with Crippen molar-refractivity contribution in [1.82, 2.24) is 9.97 Å². The predicted molar refractivity (Wildman–Crippen MR) is 66.1 cm³/mol. The summed E-state index contributed by atoms with van der Waals surface area (Å²) >= 11 is 5.61. The quantitative estimate of drug-likeness (QED) is 0.939. The molecule has 2 rings (SSSR count). The van der Waals surface area contributed by atoms with Crippen molar-refractivity contribution in [3.8, 4) is 17.1 Å². The highest BCUT2D eigenvalue weighted by Crippen LogP contribution is 2.33. The van der Waals surface area contributed by atoms with Crippen LogP contribution in [0.5, 0.6) is 5.75 Å². The second-order valence-corrected chi connectivity index (χ2v) is 4.17. The molecule has 0 aliphatic heterocycles. The van der Waals surface area contributed by atoms with Crippen molar-refractivity contribution in [1.29, 1.82) is 0 Å². The van der Waals surface area contributed by atoms with Crippen molar-refractivity contribution >= 4 is 17.6 Å². The number of carbonyl (C=O) groups is 1. The van der Waals surface area contributed by atoms with Gasteiger partial charge >= 0.3 is 12.3 Å². The molecule has 0 atom stereocenters. The molecule has 1 heterocycles. The number of benzene rings is 1. The summed E-state index contributed by atoms with van der Waals surface area (Å²) < 4.78 is 40.5. The van der Waals surface area contributed by atoms with E-state index in [1.54, 1.807) is 0 Å². The van der Waals surface area contributed by atoms with E-state index in [0.29, 0.717) is 0 Å². The Hall–Kier alpha value is -2.35. The molecular weight excluding hydrogens is 313 g/mol. The number of rotatable bonds is 3. The van der Waals surface area contributed by atoms with Crippen molar-refractivity contribution < 1.29 is 27.8 Å². The zero-order valence-corrected chi connectivity index (χ0v) is 10.8. The van der Waals surface area contributed by atoms with Gasteiger partial charge < -0.3 is 9.84 Å². The van der Waals surface area contributed by atoms with Gasteiger partial charge in [0, 0.05) is 11.8 Å². The van der Waals surface area contributed by atoms with E-state index < -0.39 is 18.1 Å². The summed E-state index contributed by atoms with van der Waals surface area (Å²) in [6.07, 6.45) is -3.71. The maximum absolute atomic E-state index is 12.2. The van der Waals surface area contributed by atoms with Crippen LogP contribution in [0.3, 0.4) is 0 Å². The van der Waals surface area contributed by atoms with E-state index in [9.17, 15) is 18.0 Å². The molecule has 21 heavy (non-hydrogen) atoms. The molecule has 0 unspecified atom stereocenters. The van der Waals surface area contributed by atoms with Crippen LogP contribution in [0.1, 0.15) is 10.5 Å². The minimum absolute atomic E-state index is 0.0569. The fourth-order valence-corrected chi connectivity index (χ4v) is 1.62. The number of hydrogen-bond acceptors (Lipinski definition) is 4. The summed E-state index contributed by atoms with van der Waals surface area (Å²) in [5, 5.41) is 8.58. The monoisotopic (exact) mass is 318 g/mol. The predicted octanol–water partition coefficient (Wildman–Crippen LogP) is 3.39. The average Bonchev–Trinajstić information content (AvgIpc) is 2.40. The molecule has 0 radical (unpaired) electrons. The standard InChI is InChI=1S/C12H6ClF3N2O3/c13-7-2-1-6(5-9(7)21-12(14,15)16)10-17-4-3-8(18-10)11(19)20/h1-5H,(H,19,20). The van der Waals surface area contributed by atoms with Gasteiger partial charge in [0.05, 0.1) is 5.02 Å². The first kappa shape index (κ1) is 15.0. The van der Waals surface area contributed by atoms with E-state index in [1.165, 1.54) is 18.3 Å². The molecule has 9 heteroatoms. The summed E-state index contributed by atoms with van der Waals surface area (Å²) in [4.78, 5) is 18.3. The largest absolute Gasteiger partial charge is 0.573 e. The molecule has 1 aromatic heterocycles. The molecule has 0 aliphatic carbocycles. The molecule has 0 saturated heterocycles. The number of halogens is 4. The number of aromatic nitrogens is 2. The first-order valence-electron chi connectivity index (χ1n) is 5.38. The highest BCUT2D eigenvalue weighted by atomic mass is 35.5. The smallest absolute Gasteiger partial charge is 0.477 e.